The summed E-state index contributed by atoms with van der Waals surface area (Å²) in [5.74, 6) is 1.21. The van der Waals surface area contributed by atoms with Gasteiger partial charge in [0.15, 0.2) is 5.13 Å². The zero-order chi connectivity index (χ0) is 20.2. The number of carbonyl (C=O) groups is 1. The first-order chi connectivity index (χ1) is 14.1. The molecule has 29 heavy (non-hydrogen) atoms. The van der Waals surface area contributed by atoms with Crippen molar-refractivity contribution in [3.8, 4) is 0 Å². The first-order valence-electron chi connectivity index (χ1n) is 9.87. The topological polar surface area (TPSA) is 36.4 Å². The molecule has 1 aromatic heterocycles. The van der Waals surface area contributed by atoms with E-state index in [1.165, 1.54) is 15.2 Å². The van der Waals surface area contributed by atoms with Crippen molar-refractivity contribution in [1.29, 1.82) is 0 Å². The monoisotopic (exact) mass is 445 g/mol. The molecule has 0 aliphatic carbocycles. The van der Waals surface area contributed by atoms with Crippen molar-refractivity contribution in [3.63, 3.8) is 0 Å². The van der Waals surface area contributed by atoms with Gasteiger partial charge < -0.3 is 9.80 Å². The molecule has 0 unspecified atom stereocenters. The number of anilines is 1. The number of thioether (sulfide) groups is 1. The first kappa shape index (κ1) is 20.5. The molecule has 0 bridgehead atoms. The van der Waals surface area contributed by atoms with E-state index < -0.39 is 0 Å². The largest absolute Gasteiger partial charge is 0.345 e. The second kappa shape index (κ2) is 9.37. The van der Waals surface area contributed by atoms with E-state index >= 15 is 0 Å². The van der Waals surface area contributed by atoms with E-state index in [1.807, 2.05) is 29.2 Å². The predicted octanol–water partition coefficient (Wildman–Crippen LogP) is 5.48. The summed E-state index contributed by atoms with van der Waals surface area (Å²) in [7, 11) is 0. The van der Waals surface area contributed by atoms with Gasteiger partial charge in [-0.15, -0.1) is 11.8 Å². The van der Waals surface area contributed by atoms with Gasteiger partial charge in [-0.3, -0.25) is 4.79 Å². The van der Waals surface area contributed by atoms with Crippen molar-refractivity contribution >= 4 is 56.0 Å². The Morgan fingerprint density at radius 2 is 1.90 bits per heavy atom. The summed E-state index contributed by atoms with van der Waals surface area (Å²) < 4.78 is 1.23. The molecule has 1 aliphatic heterocycles. The Bertz CT molecular complexity index is 981. The third-order valence-corrected chi connectivity index (χ3v) is 7.56. The van der Waals surface area contributed by atoms with Gasteiger partial charge in [-0.05, 0) is 55.0 Å². The Kier molecular flexibility index (Phi) is 6.63. The molecule has 1 aliphatic rings. The molecule has 2 aromatic carbocycles. The van der Waals surface area contributed by atoms with Crippen molar-refractivity contribution in [2.75, 3.05) is 36.8 Å². The summed E-state index contributed by atoms with van der Waals surface area (Å²) in [4.78, 5) is 22.9. The third-order valence-electron chi connectivity index (χ3n) is 5.13. The highest BCUT2D eigenvalue weighted by Crippen LogP contribution is 2.31. The van der Waals surface area contributed by atoms with Crippen LogP contribution in [0.4, 0.5) is 5.13 Å². The normalized spacial score (nSPS) is 14.6. The lowest BCUT2D eigenvalue weighted by Gasteiger charge is -2.34. The number of aryl methyl sites for hydroxylation is 1. The van der Waals surface area contributed by atoms with Crippen LogP contribution in [-0.4, -0.2) is 47.7 Å². The van der Waals surface area contributed by atoms with Crippen LogP contribution in [0.15, 0.2) is 47.4 Å². The zero-order valence-corrected chi connectivity index (χ0v) is 18.8. The van der Waals surface area contributed by atoms with E-state index in [2.05, 4.69) is 30.0 Å². The zero-order valence-electron chi connectivity index (χ0n) is 16.4. The Morgan fingerprint density at radius 1 is 1.14 bits per heavy atom. The van der Waals surface area contributed by atoms with Crippen molar-refractivity contribution in [3.05, 3.63) is 53.1 Å². The number of piperazine rings is 1. The SMILES string of the molecule is Cc1cccc2sc(N3CCN(C(=O)CCCSc4ccc(Cl)cc4)CC3)nc12. The highest BCUT2D eigenvalue weighted by atomic mass is 35.5. The van der Waals surface area contributed by atoms with Crippen LogP contribution < -0.4 is 4.90 Å². The van der Waals surface area contributed by atoms with Crippen LogP contribution in [0.3, 0.4) is 0 Å². The lowest BCUT2D eigenvalue weighted by molar-refractivity contribution is -0.131. The number of thiazole rings is 1. The molecule has 1 amide bonds. The maximum Gasteiger partial charge on any atom is 0.222 e. The number of fused-ring (bicyclic) bond motifs is 1. The number of rotatable bonds is 6. The van der Waals surface area contributed by atoms with E-state index in [-0.39, 0.29) is 5.91 Å². The van der Waals surface area contributed by atoms with Gasteiger partial charge in [0, 0.05) is 42.5 Å². The number of amides is 1. The van der Waals surface area contributed by atoms with E-state index in [1.54, 1.807) is 23.1 Å². The molecule has 0 N–H and O–H groups in total. The van der Waals surface area contributed by atoms with Crippen LogP contribution in [0.1, 0.15) is 18.4 Å². The van der Waals surface area contributed by atoms with Crippen molar-refractivity contribution in [2.24, 2.45) is 0 Å². The highest BCUT2D eigenvalue weighted by Gasteiger charge is 2.23. The standard InChI is InChI=1S/C22H24ClN3OS2/c1-16-4-2-5-19-21(16)24-22(29-19)26-13-11-25(12-14-26)20(27)6-3-15-28-18-9-7-17(23)8-10-18/h2,4-5,7-10H,3,6,11-15H2,1H3. The second-order valence-electron chi connectivity index (χ2n) is 7.19. The molecular formula is C22H24ClN3OS2. The molecule has 0 saturated carbocycles. The lowest BCUT2D eigenvalue weighted by Crippen LogP contribution is -2.48. The number of halogens is 1. The Morgan fingerprint density at radius 3 is 2.62 bits per heavy atom. The van der Waals surface area contributed by atoms with Crippen LogP contribution in [0.5, 0.6) is 0 Å². The molecule has 3 aromatic rings. The Labute approximate surface area is 184 Å². The van der Waals surface area contributed by atoms with Crippen molar-refractivity contribution in [1.82, 2.24) is 9.88 Å². The third kappa shape index (κ3) is 5.05. The summed E-state index contributed by atoms with van der Waals surface area (Å²) in [6.07, 6.45) is 1.50. The van der Waals surface area contributed by atoms with Crippen LogP contribution >= 0.6 is 34.7 Å². The molecule has 4 rings (SSSR count). The second-order valence-corrected chi connectivity index (χ2v) is 9.81. The summed E-state index contributed by atoms with van der Waals surface area (Å²) in [5.41, 5.74) is 2.32. The quantitative estimate of drug-likeness (QED) is 0.372. The van der Waals surface area contributed by atoms with Crippen molar-refractivity contribution in [2.45, 2.75) is 24.7 Å². The van der Waals surface area contributed by atoms with E-state index in [9.17, 15) is 4.79 Å². The van der Waals surface area contributed by atoms with Gasteiger partial charge in [-0.2, -0.15) is 0 Å². The molecular weight excluding hydrogens is 422 g/mol. The minimum atomic E-state index is 0.265. The van der Waals surface area contributed by atoms with Gasteiger partial charge >= 0.3 is 0 Å². The Hall–Kier alpha value is -1.76. The van der Waals surface area contributed by atoms with Crippen LogP contribution in [-0.2, 0) is 4.79 Å². The van der Waals surface area contributed by atoms with Gasteiger partial charge in [0.25, 0.3) is 0 Å². The summed E-state index contributed by atoms with van der Waals surface area (Å²) in [6, 6.07) is 14.2. The average Bonchev–Trinajstić information content (AvgIpc) is 3.18. The highest BCUT2D eigenvalue weighted by molar-refractivity contribution is 7.99. The maximum atomic E-state index is 12.6. The molecule has 1 fully saturated rings. The fraction of sp³-hybridized carbons (Fsp3) is 0.364. The van der Waals surface area contributed by atoms with E-state index in [4.69, 9.17) is 16.6 Å². The van der Waals surface area contributed by atoms with Crippen LogP contribution in [0.2, 0.25) is 5.02 Å². The molecule has 4 nitrogen and oxygen atoms in total. The number of aromatic nitrogens is 1. The fourth-order valence-corrected chi connectivity index (χ4v) is 5.53. The van der Waals surface area contributed by atoms with Gasteiger partial charge in [-0.25, -0.2) is 4.98 Å². The summed E-state index contributed by atoms with van der Waals surface area (Å²) >= 11 is 9.43. The van der Waals surface area contributed by atoms with Gasteiger partial charge in [0.1, 0.15) is 0 Å². The Balaban J connectivity index is 1.23. The molecule has 0 radical (unpaired) electrons. The number of carbonyl (C=O) groups excluding carboxylic acids is 1. The molecule has 0 atom stereocenters. The molecule has 152 valence electrons. The van der Waals surface area contributed by atoms with Crippen LogP contribution in [0, 0.1) is 6.92 Å². The maximum absolute atomic E-state index is 12.6. The van der Waals surface area contributed by atoms with Crippen LogP contribution in [0.25, 0.3) is 10.2 Å². The van der Waals surface area contributed by atoms with Gasteiger partial charge in [0.05, 0.1) is 10.2 Å². The number of para-hydroxylation sites is 1. The molecule has 2 heterocycles. The number of hydrogen-bond acceptors (Lipinski definition) is 5. The minimum absolute atomic E-state index is 0.265. The predicted molar refractivity (Wildman–Crippen MR) is 125 cm³/mol. The minimum Gasteiger partial charge on any atom is -0.345 e. The van der Waals surface area contributed by atoms with E-state index in [0.29, 0.717) is 6.42 Å². The summed E-state index contributed by atoms with van der Waals surface area (Å²) in [6.45, 7) is 5.36. The molecule has 1 saturated heterocycles. The molecule has 0 spiro atoms. The van der Waals surface area contributed by atoms with E-state index in [0.717, 1.165) is 54.0 Å². The smallest absolute Gasteiger partial charge is 0.222 e. The fourth-order valence-electron chi connectivity index (χ4n) is 3.46. The first-order valence-corrected chi connectivity index (χ1v) is 12.1. The average molecular weight is 446 g/mol. The number of benzene rings is 2. The molecule has 7 heteroatoms. The number of nitrogens with zero attached hydrogens (tertiary/aromatic N) is 3. The summed E-state index contributed by atoms with van der Waals surface area (Å²) in [5, 5.41) is 1.82. The van der Waals surface area contributed by atoms with Gasteiger partial charge in [0.2, 0.25) is 5.91 Å². The lowest BCUT2D eigenvalue weighted by atomic mass is 10.2. The number of hydrogen-bond donors (Lipinski definition) is 0. The van der Waals surface area contributed by atoms with Crippen molar-refractivity contribution < 1.29 is 4.79 Å². The van der Waals surface area contributed by atoms with Gasteiger partial charge in [-0.1, -0.05) is 35.1 Å².